The van der Waals surface area contributed by atoms with Crippen LogP contribution in [0.2, 0.25) is 0 Å². The fourth-order valence-corrected chi connectivity index (χ4v) is 3.00. The Morgan fingerprint density at radius 1 is 1.35 bits per heavy atom. The van der Waals surface area contributed by atoms with E-state index in [2.05, 4.69) is 54.2 Å². The number of rotatable bonds is 4. The van der Waals surface area contributed by atoms with Crippen molar-refractivity contribution in [2.24, 2.45) is 10.9 Å². The van der Waals surface area contributed by atoms with Crippen molar-refractivity contribution in [1.82, 2.24) is 10.2 Å². The van der Waals surface area contributed by atoms with Crippen LogP contribution in [0.5, 0.6) is 5.75 Å². The Balaban J connectivity index is 1.99. The molecule has 1 aliphatic heterocycles. The van der Waals surface area contributed by atoms with E-state index in [1.807, 2.05) is 13.1 Å². The summed E-state index contributed by atoms with van der Waals surface area (Å²) >= 11 is 0. The van der Waals surface area contributed by atoms with Crippen molar-refractivity contribution in [2.45, 2.75) is 39.0 Å². The summed E-state index contributed by atoms with van der Waals surface area (Å²) in [7, 11) is 3.59. The molecular weight excluding hydrogens is 286 g/mol. The second-order valence-electron chi connectivity index (χ2n) is 7.19. The van der Waals surface area contributed by atoms with Gasteiger partial charge in [0.25, 0.3) is 0 Å². The van der Waals surface area contributed by atoms with Crippen LogP contribution < -0.4 is 10.1 Å². The minimum absolute atomic E-state index is 0.00750. The average Bonchev–Trinajstić information content (AvgIpc) is 2.57. The highest BCUT2D eigenvalue weighted by Crippen LogP contribution is 2.26. The van der Waals surface area contributed by atoms with Crippen LogP contribution in [0.25, 0.3) is 0 Å². The number of benzene rings is 1. The molecule has 0 amide bonds. The second kappa shape index (κ2) is 7.71. The molecule has 0 unspecified atom stereocenters. The number of ether oxygens (including phenoxy) is 1. The Hall–Kier alpha value is -1.71. The van der Waals surface area contributed by atoms with Gasteiger partial charge < -0.3 is 15.0 Å². The maximum atomic E-state index is 5.35. The number of piperidine rings is 1. The summed E-state index contributed by atoms with van der Waals surface area (Å²) in [4.78, 5) is 6.85. The average molecular weight is 317 g/mol. The first kappa shape index (κ1) is 17.6. The molecule has 4 heteroatoms. The Kier molecular flexibility index (Phi) is 5.91. The summed E-state index contributed by atoms with van der Waals surface area (Å²) in [6, 6.07) is 8.32. The van der Waals surface area contributed by atoms with Gasteiger partial charge in [0.05, 0.1) is 7.11 Å². The number of nitrogens with zero attached hydrogens (tertiary/aromatic N) is 2. The van der Waals surface area contributed by atoms with Crippen LogP contribution in [-0.4, -0.2) is 44.7 Å². The Morgan fingerprint density at radius 3 is 2.65 bits per heavy atom. The fourth-order valence-electron chi connectivity index (χ4n) is 3.00. The van der Waals surface area contributed by atoms with E-state index in [-0.39, 0.29) is 5.41 Å². The molecule has 0 aliphatic carbocycles. The van der Waals surface area contributed by atoms with Gasteiger partial charge in [-0.05, 0) is 36.5 Å². The normalized spacial score (nSPS) is 17.3. The van der Waals surface area contributed by atoms with Crippen molar-refractivity contribution in [1.29, 1.82) is 0 Å². The van der Waals surface area contributed by atoms with Gasteiger partial charge in [-0.1, -0.05) is 32.9 Å². The van der Waals surface area contributed by atoms with Crippen LogP contribution in [0.1, 0.15) is 39.2 Å². The van der Waals surface area contributed by atoms with E-state index in [1.165, 1.54) is 18.4 Å². The van der Waals surface area contributed by atoms with Gasteiger partial charge in [0.15, 0.2) is 5.96 Å². The lowest BCUT2D eigenvalue weighted by Gasteiger charge is -2.35. The molecule has 1 saturated heterocycles. The first-order valence-corrected chi connectivity index (χ1v) is 8.56. The summed E-state index contributed by atoms with van der Waals surface area (Å²) in [6.07, 6.45) is 2.50. The van der Waals surface area contributed by atoms with Crippen LogP contribution >= 0.6 is 0 Å². The third-order valence-electron chi connectivity index (χ3n) is 4.83. The highest BCUT2D eigenvalue weighted by atomic mass is 16.5. The third kappa shape index (κ3) is 4.63. The maximum absolute atomic E-state index is 5.35. The maximum Gasteiger partial charge on any atom is 0.193 e. The summed E-state index contributed by atoms with van der Waals surface area (Å²) in [5.74, 6) is 2.76. The SMILES string of the molecule is CN=C(NCC(C)(C)c1cccc(OC)c1)N1CCC(C)CC1. The lowest BCUT2D eigenvalue weighted by Crippen LogP contribution is -2.48. The molecule has 0 saturated carbocycles. The molecular formula is C19H31N3O. The van der Waals surface area contributed by atoms with Crippen LogP contribution in [-0.2, 0) is 5.41 Å². The van der Waals surface area contributed by atoms with Crippen LogP contribution in [0.4, 0.5) is 0 Å². The highest BCUT2D eigenvalue weighted by molar-refractivity contribution is 5.80. The van der Waals surface area contributed by atoms with Gasteiger partial charge in [0.1, 0.15) is 5.75 Å². The van der Waals surface area contributed by atoms with Crippen molar-refractivity contribution in [3.63, 3.8) is 0 Å². The molecule has 0 spiro atoms. The molecule has 1 N–H and O–H groups in total. The molecule has 1 aromatic rings. The molecule has 4 nitrogen and oxygen atoms in total. The zero-order valence-corrected chi connectivity index (χ0v) is 15.2. The zero-order valence-electron chi connectivity index (χ0n) is 15.2. The van der Waals surface area contributed by atoms with Crippen molar-refractivity contribution in [3.8, 4) is 5.75 Å². The minimum atomic E-state index is 0.00750. The minimum Gasteiger partial charge on any atom is -0.497 e. The monoisotopic (exact) mass is 317 g/mol. The smallest absolute Gasteiger partial charge is 0.193 e. The number of guanidine groups is 1. The summed E-state index contributed by atoms with van der Waals surface area (Å²) in [6.45, 7) is 9.87. The molecule has 0 bridgehead atoms. The van der Waals surface area contributed by atoms with Gasteiger partial charge in [-0.3, -0.25) is 4.99 Å². The molecule has 0 atom stereocenters. The van der Waals surface area contributed by atoms with Gasteiger partial charge in [-0.25, -0.2) is 0 Å². The van der Waals surface area contributed by atoms with Crippen LogP contribution in [0.15, 0.2) is 29.3 Å². The molecule has 128 valence electrons. The van der Waals surface area contributed by atoms with Gasteiger partial charge in [0.2, 0.25) is 0 Å². The molecule has 1 heterocycles. The lowest BCUT2D eigenvalue weighted by atomic mass is 9.84. The topological polar surface area (TPSA) is 36.9 Å². The Bertz CT molecular complexity index is 531. The van der Waals surface area contributed by atoms with Crippen molar-refractivity contribution in [3.05, 3.63) is 29.8 Å². The van der Waals surface area contributed by atoms with E-state index in [1.54, 1.807) is 7.11 Å². The van der Waals surface area contributed by atoms with E-state index < -0.39 is 0 Å². The van der Waals surface area contributed by atoms with Gasteiger partial charge in [0, 0.05) is 32.1 Å². The number of hydrogen-bond donors (Lipinski definition) is 1. The van der Waals surface area contributed by atoms with E-state index in [0.717, 1.165) is 37.3 Å². The van der Waals surface area contributed by atoms with E-state index >= 15 is 0 Å². The van der Waals surface area contributed by atoms with E-state index in [4.69, 9.17) is 4.74 Å². The van der Waals surface area contributed by atoms with Gasteiger partial charge in [-0.2, -0.15) is 0 Å². The quantitative estimate of drug-likeness (QED) is 0.684. The van der Waals surface area contributed by atoms with Gasteiger partial charge in [-0.15, -0.1) is 0 Å². The number of aliphatic imine (C=N–C) groups is 1. The highest BCUT2D eigenvalue weighted by Gasteiger charge is 2.24. The fraction of sp³-hybridized carbons (Fsp3) is 0.632. The zero-order chi connectivity index (χ0) is 16.9. The first-order chi connectivity index (χ1) is 11.0. The van der Waals surface area contributed by atoms with Crippen LogP contribution in [0, 0.1) is 5.92 Å². The molecule has 0 aromatic heterocycles. The number of hydrogen-bond acceptors (Lipinski definition) is 2. The molecule has 0 radical (unpaired) electrons. The van der Waals surface area contributed by atoms with Crippen molar-refractivity contribution in [2.75, 3.05) is 33.8 Å². The van der Waals surface area contributed by atoms with E-state index in [9.17, 15) is 0 Å². The number of nitrogens with one attached hydrogen (secondary N) is 1. The molecule has 1 aliphatic rings. The second-order valence-corrected chi connectivity index (χ2v) is 7.19. The molecule has 1 aromatic carbocycles. The van der Waals surface area contributed by atoms with E-state index in [0.29, 0.717) is 0 Å². The largest absolute Gasteiger partial charge is 0.497 e. The first-order valence-electron chi connectivity index (χ1n) is 8.56. The summed E-state index contributed by atoms with van der Waals surface area (Å²) in [5.41, 5.74) is 1.28. The summed E-state index contributed by atoms with van der Waals surface area (Å²) < 4.78 is 5.35. The molecule has 2 rings (SSSR count). The number of likely N-dealkylation sites (tertiary alicyclic amines) is 1. The van der Waals surface area contributed by atoms with Crippen molar-refractivity contribution >= 4 is 5.96 Å². The molecule has 1 fully saturated rings. The predicted octanol–water partition coefficient (Wildman–Crippen LogP) is 3.28. The molecule has 23 heavy (non-hydrogen) atoms. The lowest BCUT2D eigenvalue weighted by molar-refractivity contribution is 0.272. The summed E-state index contributed by atoms with van der Waals surface area (Å²) in [5, 5.41) is 3.57. The van der Waals surface area contributed by atoms with Crippen molar-refractivity contribution < 1.29 is 4.74 Å². The Labute approximate surface area is 140 Å². The third-order valence-corrected chi connectivity index (χ3v) is 4.83. The van der Waals surface area contributed by atoms with Gasteiger partial charge >= 0.3 is 0 Å². The van der Waals surface area contributed by atoms with Crippen LogP contribution in [0.3, 0.4) is 0 Å². The Morgan fingerprint density at radius 2 is 2.04 bits per heavy atom. The predicted molar refractivity (Wildman–Crippen MR) is 97.4 cm³/mol. The standard InChI is InChI=1S/C19H31N3O/c1-15-9-11-22(12-10-15)18(20-4)21-14-19(2,3)16-7-6-8-17(13-16)23-5/h6-8,13,15H,9-12,14H2,1-5H3,(H,20,21). The number of methoxy groups -OCH3 is 1.